The van der Waals surface area contributed by atoms with Crippen molar-refractivity contribution in [2.24, 2.45) is 5.73 Å². The molecule has 1 fully saturated rings. The predicted octanol–water partition coefficient (Wildman–Crippen LogP) is 1.76. The van der Waals surface area contributed by atoms with Gasteiger partial charge in [0.15, 0.2) is 9.84 Å². The Morgan fingerprint density at radius 1 is 1.32 bits per heavy atom. The Hall–Kier alpha value is -1.08. The fourth-order valence-electron chi connectivity index (χ4n) is 2.34. The van der Waals surface area contributed by atoms with E-state index in [4.69, 9.17) is 5.73 Å². The van der Waals surface area contributed by atoms with Crippen LogP contribution >= 0.6 is 0 Å². The standard InChI is InChI=1S/C12H14F3NO2S/c13-12(14,15)10-3-1-2-9(6-10)7-11(16)4-5-19(17,18)8-11/h1-3,6H,4-5,7-8,16H2. The largest absolute Gasteiger partial charge is 0.416 e. The van der Waals surface area contributed by atoms with Crippen LogP contribution in [0, 0.1) is 0 Å². The van der Waals surface area contributed by atoms with Gasteiger partial charge in [-0.05, 0) is 24.5 Å². The van der Waals surface area contributed by atoms with Gasteiger partial charge in [0, 0.05) is 5.54 Å². The molecule has 1 aliphatic heterocycles. The first-order chi connectivity index (χ1) is 8.60. The zero-order chi connectivity index (χ0) is 14.3. The smallest absolute Gasteiger partial charge is 0.324 e. The topological polar surface area (TPSA) is 60.2 Å². The van der Waals surface area contributed by atoms with E-state index in [1.165, 1.54) is 12.1 Å². The van der Waals surface area contributed by atoms with Gasteiger partial charge in [-0.3, -0.25) is 0 Å². The number of benzene rings is 1. The number of alkyl halides is 3. The fourth-order valence-corrected chi connectivity index (χ4v) is 4.33. The fraction of sp³-hybridized carbons (Fsp3) is 0.500. The Morgan fingerprint density at radius 3 is 2.53 bits per heavy atom. The highest BCUT2D eigenvalue weighted by atomic mass is 32.2. The molecule has 0 radical (unpaired) electrons. The lowest BCUT2D eigenvalue weighted by Crippen LogP contribution is -2.43. The zero-order valence-corrected chi connectivity index (χ0v) is 10.9. The van der Waals surface area contributed by atoms with Crippen LogP contribution in [0.1, 0.15) is 17.5 Å². The minimum absolute atomic E-state index is 0.00244. The minimum atomic E-state index is -4.40. The molecule has 2 N–H and O–H groups in total. The molecule has 0 aromatic heterocycles. The summed E-state index contributed by atoms with van der Waals surface area (Å²) in [6.07, 6.45) is -3.98. The number of halogens is 3. The number of hydrogen-bond donors (Lipinski definition) is 1. The molecule has 7 heteroatoms. The highest BCUT2D eigenvalue weighted by Crippen LogP contribution is 2.31. The SMILES string of the molecule is NC1(Cc2cccc(C(F)(F)F)c2)CCS(=O)(=O)C1. The highest BCUT2D eigenvalue weighted by Gasteiger charge is 2.39. The molecule has 1 aromatic rings. The Kier molecular flexibility index (Phi) is 3.38. The predicted molar refractivity (Wildman–Crippen MR) is 65.3 cm³/mol. The van der Waals surface area contributed by atoms with Gasteiger partial charge in [-0.15, -0.1) is 0 Å². The van der Waals surface area contributed by atoms with Crippen molar-refractivity contribution in [3.8, 4) is 0 Å². The van der Waals surface area contributed by atoms with Crippen LogP contribution in [0.2, 0.25) is 0 Å². The first kappa shape index (κ1) is 14.3. The van der Waals surface area contributed by atoms with Gasteiger partial charge in [0.2, 0.25) is 0 Å². The van der Waals surface area contributed by atoms with E-state index in [2.05, 4.69) is 0 Å². The lowest BCUT2D eigenvalue weighted by atomic mass is 9.91. The van der Waals surface area contributed by atoms with E-state index in [0.717, 1.165) is 12.1 Å². The Labute approximate surface area is 109 Å². The van der Waals surface area contributed by atoms with E-state index in [-0.39, 0.29) is 24.3 Å². The van der Waals surface area contributed by atoms with Crippen molar-refractivity contribution in [1.29, 1.82) is 0 Å². The zero-order valence-electron chi connectivity index (χ0n) is 10.1. The summed E-state index contributed by atoms with van der Waals surface area (Å²) in [5.41, 5.74) is 4.68. The van der Waals surface area contributed by atoms with Crippen molar-refractivity contribution < 1.29 is 21.6 Å². The number of hydrogen-bond acceptors (Lipinski definition) is 3. The van der Waals surface area contributed by atoms with Crippen LogP contribution < -0.4 is 5.73 Å². The summed E-state index contributed by atoms with van der Waals surface area (Å²) in [6, 6.07) is 4.86. The summed E-state index contributed by atoms with van der Waals surface area (Å²) in [7, 11) is -3.16. The van der Waals surface area contributed by atoms with Crippen LogP contribution in [-0.2, 0) is 22.4 Å². The molecule has 19 heavy (non-hydrogen) atoms. The number of sulfone groups is 1. The highest BCUT2D eigenvalue weighted by molar-refractivity contribution is 7.91. The second kappa shape index (κ2) is 4.49. The van der Waals surface area contributed by atoms with Crippen LogP contribution in [0.15, 0.2) is 24.3 Å². The molecule has 1 unspecified atom stereocenters. The van der Waals surface area contributed by atoms with E-state index < -0.39 is 27.1 Å². The molecular formula is C12H14F3NO2S. The second-order valence-electron chi connectivity index (χ2n) is 5.08. The molecule has 1 aliphatic rings. The number of rotatable bonds is 2. The molecule has 1 atom stereocenters. The summed E-state index contributed by atoms with van der Waals surface area (Å²) in [5.74, 6) is -0.168. The molecule has 1 saturated heterocycles. The molecule has 0 aliphatic carbocycles. The van der Waals surface area contributed by atoms with Crippen LogP contribution in [0.3, 0.4) is 0 Å². The normalized spacial score (nSPS) is 26.5. The van der Waals surface area contributed by atoms with Gasteiger partial charge in [0.05, 0.1) is 17.1 Å². The summed E-state index contributed by atoms with van der Waals surface area (Å²) in [4.78, 5) is 0. The maximum atomic E-state index is 12.6. The average Bonchev–Trinajstić information content (AvgIpc) is 2.52. The maximum Gasteiger partial charge on any atom is 0.416 e. The first-order valence-corrected chi connectivity index (χ1v) is 7.57. The van der Waals surface area contributed by atoms with Crippen LogP contribution in [0.4, 0.5) is 13.2 Å². The summed E-state index contributed by atoms with van der Waals surface area (Å²) >= 11 is 0. The van der Waals surface area contributed by atoms with E-state index in [9.17, 15) is 21.6 Å². The van der Waals surface area contributed by atoms with Crippen molar-refractivity contribution in [3.05, 3.63) is 35.4 Å². The monoisotopic (exact) mass is 293 g/mol. The molecule has 0 saturated carbocycles. The van der Waals surface area contributed by atoms with Crippen molar-refractivity contribution in [1.82, 2.24) is 0 Å². The van der Waals surface area contributed by atoms with Gasteiger partial charge in [-0.1, -0.05) is 18.2 Å². The Morgan fingerprint density at radius 2 is 2.00 bits per heavy atom. The van der Waals surface area contributed by atoms with Gasteiger partial charge >= 0.3 is 6.18 Å². The summed E-state index contributed by atoms with van der Waals surface area (Å²) < 4.78 is 60.5. The average molecular weight is 293 g/mol. The Balaban J connectivity index is 2.21. The Bertz CT molecular complexity index is 583. The first-order valence-electron chi connectivity index (χ1n) is 5.75. The third-order valence-electron chi connectivity index (χ3n) is 3.23. The second-order valence-corrected chi connectivity index (χ2v) is 7.26. The van der Waals surface area contributed by atoms with E-state index in [0.29, 0.717) is 5.56 Å². The van der Waals surface area contributed by atoms with Crippen molar-refractivity contribution in [2.45, 2.75) is 24.6 Å². The van der Waals surface area contributed by atoms with Gasteiger partial charge in [0.1, 0.15) is 0 Å². The van der Waals surface area contributed by atoms with Gasteiger partial charge < -0.3 is 5.73 Å². The van der Waals surface area contributed by atoms with E-state index in [1.807, 2.05) is 0 Å². The van der Waals surface area contributed by atoms with Gasteiger partial charge in [-0.2, -0.15) is 13.2 Å². The van der Waals surface area contributed by atoms with Crippen LogP contribution in [0.25, 0.3) is 0 Å². The quantitative estimate of drug-likeness (QED) is 0.904. The maximum absolute atomic E-state index is 12.6. The molecule has 2 rings (SSSR count). The summed E-state index contributed by atoms with van der Waals surface area (Å²) in [6.45, 7) is 0. The third-order valence-corrected chi connectivity index (χ3v) is 5.07. The van der Waals surface area contributed by atoms with E-state index in [1.54, 1.807) is 0 Å². The third kappa shape index (κ3) is 3.48. The number of nitrogens with two attached hydrogens (primary N) is 1. The van der Waals surface area contributed by atoms with Crippen molar-refractivity contribution in [2.75, 3.05) is 11.5 Å². The molecule has 0 bridgehead atoms. The molecule has 0 amide bonds. The molecular weight excluding hydrogens is 279 g/mol. The van der Waals surface area contributed by atoms with Crippen molar-refractivity contribution >= 4 is 9.84 Å². The lowest BCUT2D eigenvalue weighted by molar-refractivity contribution is -0.137. The molecule has 1 aromatic carbocycles. The molecule has 0 spiro atoms. The van der Waals surface area contributed by atoms with Gasteiger partial charge in [-0.25, -0.2) is 8.42 Å². The van der Waals surface area contributed by atoms with Crippen LogP contribution in [-0.4, -0.2) is 25.5 Å². The minimum Gasteiger partial charge on any atom is -0.324 e. The lowest BCUT2D eigenvalue weighted by Gasteiger charge is -2.22. The van der Waals surface area contributed by atoms with Gasteiger partial charge in [0.25, 0.3) is 0 Å². The van der Waals surface area contributed by atoms with Crippen molar-refractivity contribution in [3.63, 3.8) is 0 Å². The van der Waals surface area contributed by atoms with Crippen LogP contribution in [0.5, 0.6) is 0 Å². The molecule has 1 heterocycles. The molecule has 3 nitrogen and oxygen atoms in total. The van der Waals surface area contributed by atoms with E-state index >= 15 is 0 Å². The summed E-state index contributed by atoms with van der Waals surface area (Å²) in [5, 5.41) is 0. The molecule has 106 valence electrons.